The highest BCUT2D eigenvalue weighted by atomic mass is 35.5. The molecule has 0 aliphatic carbocycles. The van der Waals surface area contributed by atoms with Gasteiger partial charge in [0.1, 0.15) is 28.7 Å². The molecule has 1 N–H and O–H groups in total. The van der Waals surface area contributed by atoms with E-state index in [1.54, 1.807) is 43.3 Å². The third kappa shape index (κ3) is 7.05. The molecule has 4 aromatic rings. The van der Waals surface area contributed by atoms with Gasteiger partial charge in [-0.2, -0.15) is 0 Å². The number of aryl methyl sites for hydroxylation is 1. The fourth-order valence-corrected chi connectivity index (χ4v) is 7.03. The first-order chi connectivity index (χ1) is 22.1. The van der Waals surface area contributed by atoms with E-state index >= 15 is 0 Å². The molecule has 1 unspecified atom stereocenters. The number of nitrogens with zero attached hydrogens (tertiary/aromatic N) is 2. The molecule has 0 bridgehead atoms. The van der Waals surface area contributed by atoms with E-state index in [4.69, 9.17) is 25.8 Å². The number of fused-ring (bicyclic) bond motifs is 1. The predicted octanol–water partition coefficient (Wildman–Crippen LogP) is 5.01. The Kier molecular flexibility index (Phi) is 10.0. The molecule has 4 aromatic carbocycles. The van der Waals surface area contributed by atoms with Crippen molar-refractivity contribution in [3.05, 3.63) is 107 Å². The highest BCUT2D eigenvalue weighted by molar-refractivity contribution is 7.93. The molecule has 0 spiro atoms. The topological polar surface area (TPSA) is 114 Å². The van der Waals surface area contributed by atoms with Crippen molar-refractivity contribution in [2.75, 3.05) is 43.1 Å². The minimum Gasteiger partial charge on any atom is -0.495 e. The zero-order chi connectivity index (χ0) is 32.8. The Bertz CT molecular complexity index is 1840. The number of carbonyl (C=O) groups is 2. The fourth-order valence-electron chi connectivity index (χ4n) is 5.13. The number of benzene rings is 4. The summed E-state index contributed by atoms with van der Waals surface area (Å²) in [4.78, 5) is 28.7. The molecule has 1 atom stereocenters. The molecule has 5 rings (SSSR count). The number of methoxy groups -OCH3 is 2. The number of hydrogen-bond donors (Lipinski definition) is 1. The van der Waals surface area contributed by atoms with Crippen molar-refractivity contribution in [1.82, 2.24) is 5.32 Å². The molecule has 240 valence electrons. The number of rotatable bonds is 11. The summed E-state index contributed by atoms with van der Waals surface area (Å²) in [5, 5.41) is 3.05. The number of amides is 2. The normalized spacial score (nSPS) is 14.1. The van der Waals surface area contributed by atoms with E-state index in [0.717, 1.165) is 9.87 Å². The number of nitrogens with one attached hydrogen (secondary N) is 1. The smallest absolute Gasteiger partial charge is 0.268 e. The number of carbonyl (C=O) groups excluding carboxylic acids is 2. The van der Waals surface area contributed by atoms with Gasteiger partial charge in [0.2, 0.25) is 5.91 Å². The largest absolute Gasteiger partial charge is 0.495 e. The van der Waals surface area contributed by atoms with Gasteiger partial charge in [-0.1, -0.05) is 60.1 Å². The van der Waals surface area contributed by atoms with Crippen LogP contribution in [0.25, 0.3) is 0 Å². The lowest BCUT2D eigenvalue weighted by molar-refractivity contribution is -0.128. The molecule has 1 heterocycles. The summed E-state index contributed by atoms with van der Waals surface area (Å²) in [6, 6.07) is 25.8. The lowest BCUT2D eigenvalue weighted by Gasteiger charge is -2.35. The van der Waals surface area contributed by atoms with E-state index in [0.29, 0.717) is 35.7 Å². The Labute approximate surface area is 273 Å². The molecule has 1 aliphatic heterocycles. The number of para-hydroxylation sites is 2. The van der Waals surface area contributed by atoms with Gasteiger partial charge >= 0.3 is 0 Å². The van der Waals surface area contributed by atoms with Crippen LogP contribution in [-0.2, 0) is 26.0 Å². The predicted molar refractivity (Wildman–Crippen MR) is 177 cm³/mol. The summed E-state index contributed by atoms with van der Waals surface area (Å²) in [5.74, 6) is -0.191. The van der Waals surface area contributed by atoms with Crippen LogP contribution >= 0.6 is 11.6 Å². The van der Waals surface area contributed by atoms with Crippen molar-refractivity contribution in [1.29, 1.82) is 0 Å². The van der Waals surface area contributed by atoms with Gasteiger partial charge in [0.25, 0.3) is 15.9 Å². The third-order valence-corrected chi connectivity index (χ3v) is 9.60. The van der Waals surface area contributed by atoms with Crippen molar-refractivity contribution in [3.8, 4) is 17.2 Å². The molecule has 0 aromatic heterocycles. The molecule has 0 fully saturated rings. The molecular weight excluding hydrogens is 630 g/mol. The zero-order valence-corrected chi connectivity index (χ0v) is 27.2. The van der Waals surface area contributed by atoms with Gasteiger partial charge in [-0.15, -0.1) is 0 Å². The summed E-state index contributed by atoms with van der Waals surface area (Å²) in [7, 11) is -1.56. The lowest BCUT2D eigenvalue weighted by atomic mass is 10.1. The number of hydrogen-bond acceptors (Lipinski definition) is 7. The Morgan fingerprint density at radius 1 is 0.957 bits per heavy atom. The SMILES string of the molecule is COc1ccc(N(CC(=O)N2CC(C(=O)NCCc3ccccc3)Oc3ccccc32)S(=O)(=O)c2cc(C)ccc2OC)cc1Cl. The summed E-state index contributed by atoms with van der Waals surface area (Å²) in [6.07, 6.45) is -0.398. The lowest BCUT2D eigenvalue weighted by Crippen LogP contribution is -2.53. The van der Waals surface area contributed by atoms with Crippen LogP contribution in [0, 0.1) is 6.92 Å². The minimum atomic E-state index is -4.38. The fraction of sp³-hybridized carbons (Fsp3) is 0.235. The van der Waals surface area contributed by atoms with E-state index < -0.39 is 28.6 Å². The first-order valence-electron chi connectivity index (χ1n) is 14.5. The van der Waals surface area contributed by atoms with Gasteiger partial charge < -0.3 is 24.4 Å². The summed E-state index contributed by atoms with van der Waals surface area (Å²) < 4.78 is 46.3. The Balaban J connectivity index is 1.46. The molecule has 12 heteroatoms. The van der Waals surface area contributed by atoms with Crippen LogP contribution in [0.5, 0.6) is 17.2 Å². The van der Waals surface area contributed by atoms with E-state index in [1.165, 1.54) is 43.4 Å². The van der Waals surface area contributed by atoms with Crippen molar-refractivity contribution in [2.45, 2.75) is 24.3 Å². The number of sulfonamides is 1. The Morgan fingerprint density at radius 3 is 2.37 bits per heavy atom. The molecule has 46 heavy (non-hydrogen) atoms. The van der Waals surface area contributed by atoms with Crippen LogP contribution in [0.3, 0.4) is 0 Å². The van der Waals surface area contributed by atoms with Crippen molar-refractivity contribution < 1.29 is 32.2 Å². The van der Waals surface area contributed by atoms with Crippen LogP contribution in [0.15, 0.2) is 95.9 Å². The summed E-state index contributed by atoms with van der Waals surface area (Å²) in [5.41, 5.74) is 2.31. The average Bonchev–Trinajstić information content (AvgIpc) is 3.06. The van der Waals surface area contributed by atoms with Gasteiger partial charge in [0, 0.05) is 6.54 Å². The molecule has 0 saturated carbocycles. The van der Waals surface area contributed by atoms with Gasteiger partial charge in [-0.3, -0.25) is 13.9 Å². The first-order valence-corrected chi connectivity index (χ1v) is 16.3. The first kappa shape index (κ1) is 32.6. The minimum absolute atomic E-state index is 0.117. The zero-order valence-electron chi connectivity index (χ0n) is 25.6. The summed E-state index contributed by atoms with van der Waals surface area (Å²) >= 11 is 6.41. The van der Waals surface area contributed by atoms with Crippen LogP contribution in [0.2, 0.25) is 5.02 Å². The van der Waals surface area contributed by atoms with Crippen LogP contribution in [-0.4, -0.2) is 60.2 Å². The Hall–Kier alpha value is -4.74. The number of anilines is 2. The van der Waals surface area contributed by atoms with Gasteiger partial charge in [-0.05, 0) is 66.9 Å². The van der Waals surface area contributed by atoms with E-state index in [9.17, 15) is 18.0 Å². The molecular formula is C34H34ClN3O7S. The van der Waals surface area contributed by atoms with Gasteiger partial charge in [-0.25, -0.2) is 8.42 Å². The third-order valence-electron chi connectivity index (χ3n) is 7.51. The summed E-state index contributed by atoms with van der Waals surface area (Å²) in [6.45, 7) is 1.39. The van der Waals surface area contributed by atoms with Crippen LogP contribution in [0.4, 0.5) is 11.4 Å². The second-order valence-electron chi connectivity index (χ2n) is 10.6. The van der Waals surface area contributed by atoms with Gasteiger partial charge in [0.05, 0.1) is 37.2 Å². The highest BCUT2D eigenvalue weighted by Gasteiger charge is 2.37. The number of halogens is 1. The van der Waals surface area contributed by atoms with E-state index in [1.807, 2.05) is 30.3 Å². The maximum Gasteiger partial charge on any atom is 0.268 e. The molecule has 0 radical (unpaired) electrons. The van der Waals surface area contributed by atoms with Gasteiger partial charge in [0.15, 0.2) is 6.10 Å². The van der Waals surface area contributed by atoms with E-state index in [2.05, 4.69) is 5.32 Å². The second-order valence-corrected chi connectivity index (χ2v) is 12.8. The van der Waals surface area contributed by atoms with E-state index in [-0.39, 0.29) is 33.8 Å². The Morgan fingerprint density at radius 2 is 1.65 bits per heavy atom. The molecule has 1 aliphatic rings. The van der Waals surface area contributed by atoms with Crippen molar-refractivity contribution in [2.24, 2.45) is 0 Å². The monoisotopic (exact) mass is 663 g/mol. The average molecular weight is 664 g/mol. The maximum absolute atomic E-state index is 14.3. The maximum atomic E-state index is 14.3. The second kappa shape index (κ2) is 14.1. The standard InChI is InChI=1S/C34H34ClN3O7S/c1-23-13-15-30(44-3)32(19-23)46(41,42)38(25-14-16-28(43-2)26(35)20-25)22-33(39)37-21-31(45-29-12-8-7-11-27(29)37)34(40)36-18-17-24-9-5-4-6-10-24/h4-16,19-20,31H,17-18,21-22H2,1-3H3,(H,36,40). The van der Waals surface area contributed by atoms with Crippen molar-refractivity contribution in [3.63, 3.8) is 0 Å². The molecule has 10 nitrogen and oxygen atoms in total. The van der Waals surface area contributed by atoms with Crippen LogP contribution < -0.4 is 28.7 Å². The highest BCUT2D eigenvalue weighted by Crippen LogP contribution is 2.37. The quantitative estimate of drug-likeness (QED) is 0.240. The van der Waals surface area contributed by atoms with Crippen LogP contribution in [0.1, 0.15) is 11.1 Å². The molecule has 2 amide bonds. The molecule has 0 saturated heterocycles. The van der Waals surface area contributed by atoms with Crippen molar-refractivity contribution >= 4 is 44.8 Å². The number of ether oxygens (including phenoxy) is 3.